The third-order valence-corrected chi connectivity index (χ3v) is 4.27. The highest BCUT2D eigenvalue weighted by atomic mass is 16.5. The van der Waals surface area contributed by atoms with E-state index in [0.717, 1.165) is 11.1 Å². The van der Waals surface area contributed by atoms with Gasteiger partial charge in [0.15, 0.2) is 0 Å². The summed E-state index contributed by atoms with van der Waals surface area (Å²) in [7, 11) is 0. The molecule has 0 bridgehead atoms. The Balaban J connectivity index is 1.78. The van der Waals surface area contributed by atoms with Gasteiger partial charge in [-0.3, -0.25) is 4.79 Å². The van der Waals surface area contributed by atoms with Gasteiger partial charge in [0.2, 0.25) is 0 Å². The van der Waals surface area contributed by atoms with Crippen molar-refractivity contribution in [2.75, 3.05) is 11.9 Å². The minimum atomic E-state index is -0.203. The standard InChI is InChI=1S/C23H25NO4/c1-15(2)14-27-19-6-4-5-18(11-19)23(26)24-21-12-17(8-7-16(21)3)22-10-9-20(13-25)28-22/h4-12,15,25H,13-14H2,1-3H3,(H,24,26). The molecule has 0 aliphatic rings. The lowest BCUT2D eigenvalue weighted by Crippen LogP contribution is -2.13. The SMILES string of the molecule is Cc1ccc(-c2ccc(CO)o2)cc1NC(=O)c1cccc(OCC(C)C)c1. The monoisotopic (exact) mass is 379 g/mol. The van der Waals surface area contributed by atoms with E-state index in [-0.39, 0.29) is 12.5 Å². The summed E-state index contributed by atoms with van der Waals surface area (Å²) in [6, 6.07) is 16.4. The van der Waals surface area contributed by atoms with Crippen LogP contribution in [0.1, 0.15) is 35.5 Å². The van der Waals surface area contributed by atoms with Gasteiger partial charge in [0, 0.05) is 16.8 Å². The maximum atomic E-state index is 12.7. The Labute approximate surface area is 165 Å². The van der Waals surface area contributed by atoms with Gasteiger partial charge >= 0.3 is 0 Å². The van der Waals surface area contributed by atoms with Crippen molar-refractivity contribution in [3.05, 3.63) is 71.5 Å². The quantitative estimate of drug-likeness (QED) is 0.604. The summed E-state index contributed by atoms with van der Waals surface area (Å²) in [4.78, 5) is 12.7. The number of anilines is 1. The van der Waals surface area contributed by atoms with E-state index in [2.05, 4.69) is 19.2 Å². The molecule has 0 aliphatic heterocycles. The van der Waals surface area contributed by atoms with E-state index < -0.39 is 0 Å². The number of carbonyl (C=O) groups is 1. The first kappa shape index (κ1) is 19.7. The van der Waals surface area contributed by atoms with Crippen molar-refractivity contribution in [1.29, 1.82) is 0 Å². The lowest BCUT2D eigenvalue weighted by Gasteiger charge is -2.12. The average molecular weight is 379 g/mol. The number of amides is 1. The van der Waals surface area contributed by atoms with Gasteiger partial charge < -0.3 is 19.6 Å². The van der Waals surface area contributed by atoms with Gasteiger partial charge in [-0.15, -0.1) is 0 Å². The number of carbonyl (C=O) groups excluding carboxylic acids is 1. The summed E-state index contributed by atoms with van der Waals surface area (Å²) in [5.41, 5.74) is 3.01. The third kappa shape index (κ3) is 4.81. The van der Waals surface area contributed by atoms with E-state index in [1.807, 2.05) is 37.3 Å². The van der Waals surface area contributed by atoms with E-state index in [4.69, 9.17) is 9.15 Å². The maximum absolute atomic E-state index is 12.7. The number of ether oxygens (including phenoxy) is 1. The zero-order valence-corrected chi connectivity index (χ0v) is 16.4. The molecule has 28 heavy (non-hydrogen) atoms. The van der Waals surface area contributed by atoms with Gasteiger partial charge in [-0.05, 0) is 54.8 Å². The molecule has 5 heteroatoms. The second kappa shape index (κ2) is 8.76. The number of hydrogen-bond acceptors (Lipinski definition) is 4. The Morgan fingerprint density at radius 1 is 1.14 bits per heavy atom. The van der Waals surface area contributed by atoms with Crippen LogP contribution >= 0.6 is 0 Å². The van der Waals surface area contributed by atoms with Crippen LogP contribution in [0.5, 0.6) is 5.75 Å². The molecule has 2 N–H and O–H groups in total. The summed E-state index contributed by atoms with van der Waals surface area (Å²) in [5.74, 6) is 2.03. The third-order valence-electron chi connectivity index (χ3n) is 4.27. The van der Waals surface area contributed by atoms with Crippen molar-refractivity contribution in [3.8, 4) is 17.1 Å². The van der Waals surface area contributed by atoms with Crippen LogP contribution in [0.4, 0.5) is 5.69 Å². The average Bonchev–Trinajstić information content (AvgIpc) is 3.17. The van der Waals surface area contributed by atoms with Gasteiger partial charge in [-0.2, -0.15) is 0 Å². The Morgan fingerprint density at radius 3 is 2.68 bits per heavy atom. The number of aliphatic hydroxyl groups is 1. The number of rotatable bonds is 7. The van der Waals surface area contributed by atoms with Crippen LogP contribution in [-0.4, -0.2) is 17.6 Å². The molecule has 1 aromatic heterocycles. The van der Waals surface area contributed by atoms with Crippen molar-refractivity contribution in [3.63, 3.8) is 0 Å². The summed E-state index contributed by atoms with van der Waals surface area (Å²) >= 11 is 0. The molecular formula is C23H25NO4. The predicted molar refractivity (Wildman–Crippen MR) is 110 cm³/mol. The minimum absolute atomic E-state index is 0.148. The fraction of sp³-hybridized carbons (Fsp3) is 0.261. The fourth-order valence-corrected chi connectivity index (χ4v) is 2.71. The zero-order valence-electron chi connectivity index (χ0n) is 16.4. The summed E-state index contributed by atoms with van der Waals surface area (Å²) < 4.78 is 11.3. The van der Waals surface area contributed by atoms with E-state index in [9.17, 15) is 9.90 Å². The Hall–Kier alpha value is -3.05. The summed E-state index contributed by atoms with van der Waals surface area (Å²) in [6.07, 6.45) is 0. The van der Waals surface area contributed by atoms with Crippen LogP contribution in [0.2, 0.25) is 0 Å². The van der Waals surface area contributed by atoms with E-state index >= 15 is 0 Å². The Bertz CT molecular complexity index is 959. The number of aliphatic hydroxyl groups excluding tert-OH is 1. The molecule has 3 rings (SSSR count). The molecule has 0 fully saturated rings. The molecule has 2 aromatic carbocycles. The molecule has 146 valence electrons. The molecule has 0 unspecified atom stereocenters. The largest absolute Gasteiger partial charge is 0.493 e. The molecule has 0 atom stereocenters. The Kier molecular flexibility index (Phi) is 6.16. The highest BCUT2D eigenvalue weighted by Crippen LogP contribution is 2.27. The smallest absolute Gasteiger partial charge is 0.255 e. The van der Waals surface area contributed by atoms with Crippen LogP contribution in [0.15, 0.2) is 59.0 Å². The van der Waals surface area contributed by atoms with Crippen LogP contribution in [-0.2, 0) is 6.61 Å². The molecule has 1 heterocycles. The van der Waals surface area contributed by atoms with Crippen LogP contribution in [0.3, 0.4) is 0 Å². The Morgan fingerprint density at radius 2 is 1.96 bits per heavy atom. The van der Waals surface area contributed by atoms with Gasteiger partial charge in [-0.1, -0.05) is 32.0 Å². The van der Waals surface area contributed by atoms with Crippen LogP contribution < -0.4 is 10.1 Å². The minimum Gasteiger partial charge on any atom is -0.493 e. The lowest BCUT2D eigenvalue weighted by molar-refractivity contribution is 0.102. The number of hydrogen-bond donors (Lipinski definition) is 2. The second-order valence-corrected chi connectivity index (χ2v) is 7.14. The van der Waals surface area contributed by atoms with Gasteiger partial charge in [0.1, 0.15) is 23.9 Å². The molecule has 0 saturated heterocycles. The van der Waals surface area contributed by atoms with E-state index in [1.54, 1.807) is 24.3 Å². The fourth-order valence-electron chi connectivity index (χ4n) is 2.71. The van der Waals surface area contributed by atoms with Gasteiger partial charge in [-0.25, -0.2) is 0 Å². The summed E-state index contributed by atoms with van der Waals surface area (Å²) in [6.45, 7) is 6.54. The van der Waals surface area contributed by atoms with Crippen molar-refractivity contribution in [2.24, 2.45) is 5.92 Å². The van der Waals surface area contributed by atoms with Crippen LogP contribution in [0.25, 0.3) is 11.3 Å². The van der Waals surface area contributed by atoms with Gasteiger partial charge in [0.25, 0.3) is 5.91 Å². The van der Waals surface area contributed by atoms with Crippen molar-refractivity contribution < 1.29 is 19.1 Å². The number of furan rings is 1. The maximum Gasteiger partial charge on any atom is 0.255 e. The molecule has 5 nitrogen and oxygen atoms in total. The first-order valence-corrected chi connectivity index (χ1v) is 9.31. The van der Waals surface area contributed by atoms with E-state index in [0.29, 0.717) is 41.0 Å². The normalized spacial score (nSPS) is 10.9. The topological polar surface area (TPSA) is 71.7 Å². The van der Waals surface area contributed by atoms with E-state index in [1.165, 1.54) is 0 Å². The molecular weight excluding hydrogens is 354 g/mol. The lowest BCUT2D eigenvalue weighted by atomic mass is 10.1. The zero-order chi connectivity index (χ0) is 20.1. The second-order valence-electron chi connectivity index (χ2n) is 7.14. The molecule has 0 spiro atoms. The first-order valence-electron chi connectivity index (χ1n) is 9.31. The predicted octanol–water partition coefficient (Wildman–Crippen LogP) is 5.03. The first-order chi connectivity index (χ1) is 13.5. The molecule has 3 aromatic rings. The highest BCUT2D eigenvalue weighted by molar-refractivity contribution is 6.05. The molecule has 0 saturated carbocycles. The number of aryl methyl sites for hydroxylation is 1. The van der Waals surface area contributed by atoms with Crippen molar-refractivity contribution in [1.82, 2.24) is 0 Å². The van der Waals surface area contributed by atoms with Crippen LogP contribution in [0, 0.1) is 12.8 Å². The number of nitrogens with one attached hydrogen (secondary N) is 1. The molecule has 0 radical (unpaired) electrons. The van der Waals surface area contributed by atoms with Crippen molar-refractivity contribution in [2.45, 2.75) is 27.4 Å². The van der Waals surface area contributed by atoms with Gasteiger partial charge in [0.05, 0.1) is 6.61 Å². The van der Waals surface area contributed by atoms with Crippen molar-refractivity contribution >= 4 is 11.6 Å². The molecule has 0 aliphatic carbocycles. The molecule has 1 amide bonds. The highest BCUT2D eigenvalue weighted by Gasteiger charge is 2.12. The summed E-state index contributed by atoms with van der Waals surface area (Å²) in [5, 5.41) is 12.1. The number of benzene rings is 2.